The summed E-state index contributed by atoms with van der Waals surface area (Å²) < 4.78 is 1.96. The molecule has 0 aliphatic heterocycles. The van der Waals surface area contributed by atoms with Crippen LogP contribution < -0.4 is 5.32 Å². The Bertz CT molecular complexity index is 865. The van der Waals surface area contributed by atoms with E-state index >= 15 is 0 Å². The number of rotatable bonds is 4. The normalized spacial score (nSPS) is 11.7. The number of benzene rings is 1. The van der Waals surface area contributed by atoms with Crippen LogP contribution in [0.1, 0.15) is 18.3 Å². The van der Waals surface area contributed by atoms with E-state index in [0.29, 0.717) is 17.1 Å². The number of fused-ring (bicyclic) bond motifs is 1. The van der Waals surface area contributed by atoms with Gasteiger partial charge in [-0.3, -0.25) is 4.79 Å². The lowest BCUT2D eigenvalue weighted by molar-refractivity contribution is -0.117. The van der Waals surface area contributed by atoms with Crippen molar-refractivity contribution in [1.29, 1.82) is 0 Å². The minimum Gasteiger partial charge on any atom is -0.345 e. The Hall–Kier alpha value is -2.59. The molecule has 5 heteroatoms. The largest absolute Gasteiger partial charge is 0.345 e. The molecule has 1 N–H and O–H groups in total. The molecule has 0 aliphatic rings. The molecule has 3 rings (SSSR count). The lowest BCUT2D eigenvalue weighted by Gasteiger charge is -2.05. The average molecular weight is 326 g/mol. The van der Waals surface area contributed by atoms with Crippen molar-refractivity contribution in [3.05, 3.63) is 76.8 Å². The number of carbonyl (C=O) groups excluding carboxylic acids is 1. The maximum atomic E-state index is 12.2. The zero-order chi connectivity index (χ0) is 16.2. The van der Waals surface area contributed by atoms with Gasteiger partial charge in [0, 0.05) is 16.8 Å². The topological polar surface area (TPSA) is 46.4 Å². The van der Waals surface area contributed by atoms with E-state index in [1.165, 1.54) is 0 Å². The van der Waals surface area contributed by atoms with Gasteiger partial charge in [-0.15, -0.1) is 0 Å². The molecular weight excluding hydrogens is 310 g/mol. The van der Waals surface area contributed by atoms with E-state index in [1.54, 1.807) is 25.3 Å². The maximum absolute atomic E-state index is 12.2. The Kier molecular flexibility index (Phi) is 4.44. The molecule has 0 unspecified atom stereocenters. The standard InChI is InChI=1S/C18H16ClN3O/c1-13(10-14-5-7-15(19)8-6-14)18(23)21-12-17-20-11-16-4-2-3-9-22(16)17/h2-11H,12H2,1H3,(H,21,23)/b13-10+. The fraction of sp³-hybridized carbons (Fsp3) is 0.111. The van der Waals surface area contributed by atoms with E-state index in [2.05, 4.69) is 10.3 Å². The number of aromatic nitrogens is 2. The van der Waals surface area contributed by atoms with Crippen LogP contribution in [-0.4, -0.2) is 15.3 Å². The van der Waals surface area contributed by atoms with Crippen molar-refractivity contribution >= 4 is 29.1 Å². The first kappa shape index (κ1) is 15.3. The highest BCUT2D eigenvalue weighted by Gasteiger charge is 2.07. The second-order valence-electron chi connectivity index (χ2n) is 5.23. The number of nitrogens with one attached hydrogen (secondary N) is 1. The number of hydrogen-bond donors (Lipinski definition) is 1. The van der Waals surface area contributed by atoms with Crippen molar-refractivity contribution in [2.24, 2.45) is 0 Å². The van der Waals surface area contributed by atoms with Gasteiger partial charge in [0.25, 0.3) is 0 Å². The van der Waals surface area contributed by atoms with Crippen molar-refractivity contribution in [3.63, 3.8) is 0 Å². The molecule has 4 nitrogen and oxygen atoms in total. The van der Waals surface area contributed by atoms with Gasteiger partial charge in [-0.1, -0.05) is 29.8 Å². The third kappa shape index (κ3) is 3.60. The summed E-state index contributed by atoms with van der Waals surface area (Å²) in [4.78, 5) is 16.5. The smallest absolute Gasteiger partial charge is 0.247 e. The van der Waals surface area contributed by atoms with Gasteiger partial charge in [0.15, 0.2) is 0 Å². The van der Waals surface area contributed by atoms with Gasteiger partial charge < -0.3 is 9.72 Å². The number of halogens is 1. The lowest BCUT2D eigenvalue weighted by Crippen LogP contribution is -2.24. The third-order valence-electron chi connectivity index (χ3n) is 3.53. The SMILES string of the molecule is C/C(=C\c1ccc(Cl)cc1)C(=O)NCc1ncc2ccccn12. The van der Waals surface area contributed by atoms with Crippen molar-refractivity contribution in [1.82, 2.24) is 14.7 Å². The van der Waals surface area contributed by atoms with Crippen LogP contribution in [0.25, 0.3) is 11.6 Å². The van der Waals surface area contributed by atoms with Crippen LogP contribution in [0.3, 0.4) is 0 Å². The zero-order valence-electron chi connectivity index (χ0n) is 12.7. The van der Waals surface area contributed by atoms with E-state index in [9.17, 15) is 4.79 Å². The predicted octanol–water partition coefficient (Wildman–Crippen LogP) is 3.71. The van der Waals surface area contributed by atoms with Crippen molar-refractivity contribution in [3.8, 4) is 0 Å². The quantitative estimate of drug-likeness (QED) is 0.743. The van der Waals surface area contributed by atoms with Crippen LogP contribution in [0.5, 0.6) is 0 Å². The minimum atomic E-state index is -0.118. The third-order valence-corrected chi connectivity index (χ3v) is 3.79. The minimum absolute atomic E-state index is 0.118. The first-order valence-electron chi connectivity index (χ1n) is 7.26. The second-order valence-corrected chi connectivity index (χ2v) is 5.67. The lowest BCUT2D eigenvalue weighted by atomic mass is 10.1. The Morgan fingerprint density at radius 2 is 2.04 bits per heavy atom. The summed E-state index contributed by atoms with van der Waals surface area (Å²) >= 11 is 5.86. The molecule has 0 radical (unpaired) electrons. The van der Waals surface area contributed by atoms with Crippen LogP contribution in [0.2, 0.25) is 5.02 Å². The molecule has 0 saturated heterocycles. The number of amides is 1. The van der Waals surface area contributed by atoms with Gasteiger partial charge in [0.2, 0.25) is 5.91 Å². The summed E-state index contributed by atoms with van der Waals surface area (Å²) in [5.74, 6) is 0.681. The predicted molar refractivity (Wildman–Crippen MR) is 92.1 cm³/mol. The van der Waals surface area contributed by atoms with E-state index in [-0.39, 0.29) is 5.91 Å². The van der Waals surface area contributed by atoms with Crippen LogP contribution in [0.4, 0.5) is 0 Å². The van der Waals surface area contributed by atoms with Crippen molar-refractivity contribution < 1.29 is 4.79 Å². The Balaban J connectivity index is 1.68. The van der Waals surface area contributed by atoms with E-state index in [1.807, 2.05) is 47.0 Å². The summed E-state index contributed by atoms with van der Waals surface area (Å²) in [6, 6.07) is 13.2. The highest BCUT2D eigenvalue weighted by atomic mass is 35.5. The first-order valence-corrected chi connectivity index (χ1v) is 7.64. The monoisotopic (exact) mass is 325 g/mol. The number of imidazole rings is 1. The molecule has 0 saturated carbocycles. The Labute approximate surface area is 139 Å². The van der Waals surface area contributed by atoms with E-state index in [4.69, 9.17) is 11.6 Å². The molecule has 2 aromatic heterocycles. The summed E-state index contributed by atoms with van der Waals surface area (Å²) in [5, 5.41) is 3.57. The van der Waals surface area contributed by atoms with Crippen LogP contribution in [0, 0.1) is 0 Å². The Morgan fingerprint density at radius 3 is 2.83 bits per heavy atom. The van der Waals surface area contributed by atoms with Gasteiger partial charge in [-0.05, 0) is 42.8 Å². The summed E-state index contributed by atoms with van der Waals surface area (Å²) in [6.07, 6.45) is 5.55. The maximum Gasteiger partial charge on any atom is 0.247 e. The number of nitrogens with zero attached hydrogens (tertiary/aromatic N) is 2. The molecule has 0 fully saturated rings. The summed E-state index contributed by atoms with van der Waals surface area (Å²) in [6.45, 7) is 2.16. The molecule has 1 amide bonds. The van der Waals surface area contributed by atoms with Gasteiger partial charge in [-0.25, -0.2) is 4.98 Å². The molecule has 3 aromatic rings. The van der Waals surface area contributed by atoms with Gasteiger partial charge in [-0.2, -0.15) is 0 Å². The molecule has 1 aromatic carbocycles. The van der Waals surface area contributed by atoms with Crippen LogP contribution in [-0.2, 0) is 11.3 Å². The van der Waals surface area contributed by atoms with Crippen LogP contribution >= 0.6 is 11.6 Å². The molecule has 23 heavy (non-hydrogen) atoms. The van der Waals surface area contributed by atoms with Crippen LogP contribution in [0.15, 0.2) is 60.4 Å². The second kappa shape index (κ2) is 6.67. The first-order chi connectivity index (χ1) is 11.1. The summed E-state index contributed by atoms with van der Waals surface area (Å²) in [7, 11) is 0. The zero-order valence-corrected chi connectivity index (χ0v) is 13.4. The fourth-order valence-electron chi connectivity index (χ4n) is 2.30. The molecule has 0 spiro atoms. The highest BCUT2D eigenvalue weighted by molar-refractivity contribution is 6.30. The number of pyridine rings is 1. The van der Waals surface area contributed by atoms with Gasteiger partial charge in [0.05, 0.1) is 18.3 Å². The van der Waals surface area contributed by atoms with Crippen molar-refractivity contribution in [2.75, 3.05) is 0 Å². The highest BCUT2D eigenvalue weighted by Crippen LogP contribution is 2.12. The average Bonchev–Trinajstić information content (AvgIpc) is 2.98. The van der Waals surface area contributed by atoms with E-state index in [0.717, 1.165) is 16.9 Å². The van der Waals surface area contributed by atoms with E-state index < -0.39 is 0 Å². The number of carbonyl (C=O) groups is 1. The summed E-state index contributed by atoms with van der Waals surface area (Å²) in [5.41, 5.74) is 2.58. The van der Waals surface area contributed by atoms with Gasteiger partial charge >= 0.3 is 0 Å². The molecular formula is C18H16ClN3O. The molecule has 2 heterocycles. The molecule has 0 atom stereocenters. The Morgan fingerprint density at radius 1 is 1.26 bits per heavy atom. The fourth-order valence-corrected chi connectivity index (χ4v) is 2.43. The molecule has 0 aliphatic carbocycles. The van der Waals surface area contributed by atoms with Gasteiger partial charge in [0.1, 0.15) is 5.82 Å². The van der Waals surface area contributed by atoms with Crippen molar-refractivity contribution in [2.45, 2.75) is 13.5 Å². The molecule has 116 valence electrons. The number of hydrogen-bond acceptors (Lipinski definition) is 2. The molecule has 0 bridgehead atoms.